The van der Waals surface area contributed by atoms with Crippen LogP contribution in [0.4, 0.5) is 0 Å². The van der Waals surface area contributed by atoms with Crippen molar-refractivity contribution in [2.45, 2.75) is 13.0 Å². The van der Waals surface area contributed by atoms with Gasteiger partial charge >= 0.3 is 0 Å². The fraction of sp³-hybridized carbons (Fsp3) is 0.364. The second-order valence-corrected chi connectivity index (χ2v) is 5.52. The highest BCUT2D eigenvalue weighted by Gasteiger charge is 2.08. The van der Waals surface area contributed by atoms with Crippen LogP contribution in [0.15, 0.2) is 24.3 Å². The average Bonchev–Trinajstić information content (AvgIpc) is 2.35. The van der Waals surface area contributed by atoms with Crippen LogP contribution in [0.25, 0.3) is 0 Å². The first-order chi connectivity index (χ1) is 8.07. The van der Waals surface area contributed by atoms with Crippen LogP contribution in [0, 0.1) is 11.3 Å². The molecule has 1 aromatic carbocycles. The molecule has 17 heavy (non-hydrogen) atoms. The van der Waals surface area contributed by atoms with Gasteiger partial charge in [0.05, 0.1) is 17.4 Å². The van der Waals surface area contributed by atoms with Crippen LogP contribution in [0.1, 0.15) is 17.5 Å². The van der Waals surface area contributed by atoms with Crippen molar-refractivity contribution in [3.05, 3.63) is 35.4 Å². The maximum atomic E-state index is 11.5. The first-order valence-electron chi connectivity index (χ1n) is 5.24. The predicted octanol–water partition coefficient (Wildman–Crippen LogP) is 0.326. The summed E-state index contributed by atoms with van der Waals surface area (Å²) in [5.41, 5.74) is 6.63. The molecule has 0 fully saturated rings. The topological polar surface area (TPSA) is 96.0 Å². The Balaban J connectivity index is 2.53. The molecule has 0 radical (unpaired) electrons. The summed E-state index contributed by atoms with van der Waals surface area (Å²) in [6.07, 6.45) is 0.447. The van der Waals surface area contributed by atoms with E-state index in [0.717, 1.165) is 5.56 Å². The molecule has 0 spiro atoms. The number of nitrogens with zero attached hydrogens (tertiary/aromatic N) is 1. The number of rotatable bonds is 6. The fourth-order valence-corrected chi connectivity index (χ4v) is 2.31. The largest absolute Gasteiger partial charge is 0.330 e. The highest BCUT2D eigenvalue weighted by molar-refractivity contribution is 7.89. The van der Waals surface area contributed by atoms with Crippen molar-refractivity contribution in [3.63, 3.8) is 0 Å². The van der Waals surface area contributed by atoms with E-state index in [1.165, 1.54) is 0 Å². The Morgan fingerprint density at radius 3 is 2.47 bits per heavy atom. The Morgan fingerprint density at radius 2 is 1.94 bits per heavy atom. The number of nitriles is 1. The molecule has 1 rings (SSSR count). The number of hydrogen-bond donors (Lipinski definition) is 2. The quantitative estimate of drug-likeness (QED) is 0.763. The third-order valence-electron chi connectivity index (χ3n) is 2.20. The lowest BCUT2D eigenvalue weighted by molar-refractivity contribution is 0.579. The van der Waals surface area contributed by atoms with Crippen LogP contribution in [0.5, 0.6) is 0 Å². The van der Waals surface area contributed by atoms with Crippen LogP contribution in [-0.4, -0.2) is 20.7 Å². The van der Waals surface area contributed by atoms with Gasteiger partial charge in [0, 0.05) is 6.54 Å². The standard InChI is InChI=1S/C11H15N3O2S/c12-6-1-7-17(15,16)14-9-11-4-2-10(8-13)3-5-11/h2-5,14H,1,6-7,9,12H2. The van der Waals surface area contributed by atoms with Gasteiger partial charge in [-0.3, -0.25) is 0 Å². The zero-order chi connectivity index (χ0) is 12.7. The lowest BCUT2D eigenvalue weighted by Crippen LogP contribution is -2.27. The third-order valence-corrected chi connectivity index (χ3v) is 3.61. The van der Waals surface area contributed by atoms with Gasteiger partial charge in [-0.05, 0) is 30.7 Å². The maximum absolute atomic E-state index is 11.5. The lowest BCUT2D eigenvalue weighted by Gasteiger charge is -2.06. The van der Waals surface area contributed by atoms with E-state index in [0.29, 0.717) is 18.5 Å². The fourth-order valence-electron chi connectivity index (χ4n) is 1.24. The van der Waals surface area contributed by atoms with E-state index in [4.69, 9.17) is 11.0 Å². The smallest absolute Gasteiger partial charge is 0.211 e. The first kappa shape index (κ1) is 13.6. The highest BCUT2D eigenvalue weighted by Crippen LogP contribution is 2.03. The van der Waals surface area contributed by atoms with Gasteiger partial charge in [0.25, 0.3) is 0 Å². The zero-order valence-electron chi connectivity index (χ0n) is 9.39. The van der Waals surface area contributed by atoms with E-state index >= 15 is 0 Å². The molecule has 0 aliphatic heterocycles. The molecule has 3 N–H and O–H groups in total. The average molecular weight is 253 g/mol. The van der Waals surface area contributed by atoms with Crippen LogP contribution >= 0.6 is 0 Å². The van der Waals surface area contributed by atoms with Crippen molar-refractivity contribution in [2.24, 2.45) is 5.73 Å². The second kappa shape index (κ2) is 6.35. The van der Waals surface area contributed by atoms with Crippen LogP contribution < -0.4 is 10.5 Å². The van der Waals surface area contributed by atoms with Gasteiger partial charge in [0.15, 0.2) is 0 Å². The Kier molecular flexibility index (Phi) is 5.10. The van der Waals surface area contributed by atoms with Gasteiger partial charge in [0.1, 0.15) is 0 Å². The van der Waals surface area contributed by atoms with Crippen molar-refractivity contribution < 1.29 is 8.42 Å². The number of hydrogen-bond acceptors (Lipinski definition) is 4. The summed E-state index contributed by atoms with van der Waals surface area (Å²) in [4.78, 5) is 0. The normalized spacial score (nSPS) is 11.1. The molecule has 0 saturated carbocycles. The van der Waals surface area contributed by atoms with Gasteiger partial charge in [-0.2, -0.15) is 5.26 Å². The van der Waals surface area contributed by atoms with Crippen molar-refractivity contribution in [1.82, 2.24) is 4.72 Å². The Labute approximate surface area is 101 Å². The SMILES string of the molecule is N#Cc1ccc(CNS(=O)(=O)CCCN)cc1. The molecule has 0 amide bonds. The predicted molar refractivity (Wildman–Crippen MR) is 65.5 cm³/mol. The Morgan fingerprint density at radius 1 is 1.29 bits per heavy atom. The highest BCUT2D eigenvalue weighted by atomic mass is 32.2. The summed E-state index contributed by atoms with van der Waals surface area (Å²) >= 11 is 0. The Bertz CT molecular complexity index is 488. The first-order valence-corrected chi connectivity index (χ1v) is 6.89. The molecule has 92 valence electrons. The molecule has 0 unspecified atom stereocenters. The monoisotopic (exact) mass is 253 g/mol. The number of nitrogens with two attached hydrogens (primary N) is 1. The summed E-state index contributed by atoms with van der Waals surface area (Å²) in [5.74, 6) is 0.0414. The molecule has 0 atom stereocenters. The minimum atomic E-state index is -3.25. The summed E-state index contributed by atoms with van der Waals surface area (Å²) in [7, 11) is -3.25. The summed E-state index contributed by atoms with van der Waals surface area (Å²) in [6.45, 7) is 0.594. The van der Waals surface area contributed by atoms with Gasteiger partial charge in [-0.25, -0.2) is 13.1 Å². The minimum Gasteiger partial charge on any atom is -0.330 e. The van der Waals surface area contributed by atoms with Gasteiger partial charge in [0.2, 0.25) is 10.0 Å². The molecule has 5 nitrogen and oxygen atoms in total. The van der Waals surface area contributed by atoms with Crippen LogP contribution in [-0.2, 0) is 16.6 Å². The third kappa shape index (κ3) is 4.95. The van der Waals surface area contributed by atoms with Crippen molar-refractivity contribution in [3.8, 4) is 6.07 Å². The summed E-state index contributed by atoms with van der Waals surface area (Å²) in [5, 5.41) is 8.61. The second-order valence-electron chi connectivity index (χ2n) is 3.59. The molecule has 1 aromatic rings. The molecule has 0 bridgehead atoms. The minimum absolute atomic E-state index is 0.0414. The van der Waals surface area contributed by atoms with Crippen molar-refractivity contribution in [2.75, 3.05) is 12.3 Å². The number of nitrogens with one attached hydrogen (secondary N) is 1. The van der Waals surface area contributed by atoms with E-state index in [2.05, 4.69) is 4.72 Å². The molecule has 6 heteroatoms. The van der Waals surface area contributed by atoms with Crippen LogP contribution in [0.2, 0.25) is 0 Å². The van der Waals surface area contributed by atoms with E-state index in [1.807, 2.05) is 6.07 Å². The molecular formula is C11H15N3O2S. The van der Waals surface area contributed by atoms with Crippen LogP contribution in [0.3, 0.4) is 0 Å². The number of benzene rings is 1. The summed E-state index contributed by atoms with van der Waals surface area (Å²) in [6, 6.07) is 8.77. The van der Waals surface area contributed by atoms with Gasteiger partial charge < -0.3 is 5.73 Å². The molecule has 0 aliphatic rings. The lowest BCUT2D eigenvalue weighted by atomic mass is 10.1. The van der Waals surface area contributed by atoms with E-state index in [-0.39, 0.29) is 12.3 Å². The Hall–Kier alpha value is -1.42. The van der Waals surface area contributed by atoms with Crippen molar-refractivity contribution in [1.29, 1.82) is 5.26 Å². The molecule has 0 saturated heterocycles. The molecule has 0 heterocycles. The van der Waals surface area contributed by atoms with Gasteiger partial charge in [-0.1, -0.05) is 12.1 Å². The summed E-state index contributed by atoms with van der Waals surface area (Å²) < 4.78 is 25.4. The van der Waals surface area contributed by atoms with E-state index in [9.17, 15) is 8.42 Å². The number of sulfonamides is 1. The van der Waals surface area contributed by atoms with E-state index < -0.39 is 10.0 Å². The molecule has 0 aliphatic carbocycles. The van der Waals surface area contributed by atoms with Crippen molar-refractivity contribution >= 4 is 10.0 Å². The molecule has 0 aromatic heterocycles. The van der Waals surface area contributed by atoms with Gasteiger partial charge in [-0.15, -0.1) is 0 Å². The maximum Gasteiger partial charge on any atom is 0.211 e. The van der Waals surface area contributed by atoms with E-state index in [1.54, 1.807) is 24.3 Å². The zero-order valence-corrected chi connectivity index (χ0v) is 10.2. The molecular weight excluding hydrogens is 238 g/mol.